The molecule has 1 atom stereocenters. The van der Waals surface area contributed by atoms with Crippen LogP contribution in [0.2, 0.25) is 0 Å². The van der Waals surface area contributed by atoms with Crippen molar-refractivity contribution in [1.29, 1.82) is 0 Å². The third kappa shape index (κ3) is 2.51. The van der Waals surface area contributed by atoms with Crippen LogP contribution >= 0.6 is 0 Å². The van der Waals surface area contributed by atoms with Gasteiger partial charge >= 0.3 is 0 Å². The van der Waals surface area contributed by atoms with Crippen LogP contribution in [0.3, 0.4) is 0 Å². The first-order valence-electron chi connectivity index (χ1n) is 5.68. The molecule has 6 nitrogen and oxygen atoms in total. The van der Waals surface area contributed by atoms with E-state index < -0.39 is 10.0 Å². The number of hydrogen-bond donors (Lipinski definition) is 1. The van der Waals surface area contributed by atoms with Gasteiger partial charge in [0.05, 0.1) is 6.20 Å². The molecule has 1 unspecified atom stereocenters. The second-order valence-electron chi connectivity index (χ2n) is 4.48. The molecule has 1 saturated heterocycles. The quantitative estimate of drug-likeness (QED) is 0.833. The number of aromatic amines is 1. The summed E-state index contributed by atoms with van der Waals surface area (Å²) < 4.78 is 25.6. The molecule has 0 bridgehead atoms. The SMILES string of the molecule is CN1CCCC1CN(C)S(=O)(=O)c1ccn[nH]1. The summed E-state index contributed by atoms with van der Waals surface area (Å²) in [4.78, 5) is 2.21. The van der Waals surface area contributed by atoms with Crippen molar-refractivity contribution in [2.45, 2.75) is 23.9 Å². The second kappa shape index (κ2) is 4.75. The highest BCUT2D eigenvalue weighted by Crippen LogP contribution is 2.18. The number of likely N-dealkylation sites (N-methyl/N-ethyl adjacent to an activating group) is 2. The van der Waals surface area contributed by atoms with Crippen LogP contribution in [0, 0.1) is 0 Å². The van der Waals surface area contributed by atoms with Crippen molar-refractivity contribution >= 4 is 10.0 Å². The zero-order chi connectivity index (χ0) is 12.5. The number of sulfonamides is 1. The van der Waals surface area contributed by atoms with E-state index in [0.29, 0.717) is 12.6 Å². The van der Waals surface area contributed by atoms with Crippen LogP contribution in [0.15, 0.2) is 17.3 Å². The van der Waals surface area contributed by atoms with Crippen LogP contribution in [0.1, 0.15) is 12.8 Å². The Hall–Kier alpha value is -0.920. The number of nitrogens with zero attached hydrogens (tertiary/aromatic N) is 3. The van der Waals surface area contributed by atoms with Crippen LogP contribution < -0.4 is 0 Å². The molecular weight excluding hydrogens is 240 g/mol. The Balaban J connectivity index is 2.07. The zero-order valence-corrected chi connectivity index (χ0v) is 10.9. The Bertz CT molecular complexity index is 457. The van der Waals surface area contributed by atoms with Crippen molar-refractivity contribution in [3.63, 3.8) is 0 Å². The molecule has 0 saturated carbocycles. The summed E-state index contributed by atoms with van der Waals surface area (Å²) >= 11 is 0. The number of H-pyrrole nitrogens is 1. The van der Waals surface area contributed by atoms with Gasteiger partial charge in [0.25, 0.3) is 10.0 Å². The molecule has 1 aliphatic rings. The summed E-state index contributed by atoms with van der Waals surface area (Å²) in [6.07, 6.45) is 3.64. The summed E-state index contributed by atoms with van der Waals surface area (Å²) in [6, 6.07) is 1.79. The van der Waals surface area contributed by atoms with Crippen molar-refractivity contribution in [3.8, 4) is 0 Å². The van der Waals surface area contributed by atoms with E-state index in [-0.39, 0.29) is 5.03 Å². The smallest absolute Gasteiger partial charge is 0.259 e. The van der Waals surface area contributed by atoms with Gasteiger partial charge in [-0.15, -0.1) is 0 Å². The molecule has 2 rings (SSSR count). The summed E-state index contributed by atoms with van der Waals surface area (Å²) in [5.74, 6) is 0. The fraction of sp³-hybridized carbons (Fsp3) is 0.700. The predicted molar refractivity (Wildman–Crippen MR) is 64.1 cm³/mol. The fourth-order valence-electron chi connectivity index (χ4n) is 2.16. The van der Waals surface area contributed by atoms with Crippen LogP contribution in [-0.2, 0) is 10.0 Å². The maximum Gasteiger partial charge on any atom is 0.259 e. The van der Waals surface area contributed by atoms with Gasteiger partial charge in [-0.2, -0.15) is 9.40 Å². The molecule has 0 amide bonds. The Kier molecular flexibility index (Phi) is 3.50. The van der Waals surface area contributed by atoms with Gasteiger partial charge in [-0.05, 0) is 32.5 Å². The van der Waals surface area contributed by atoms with Gasteiger partial charge in [-0.3, -0.25) is 5.10 Å². The van der Waals surface area contributed by atoms with E-state index in [2.05, 4.69) is 15.1 Å². The third-order valence-corrected chi connectivity index (χ3v) is 5.06. The monoisotopic (exact) mass is 258 g/mol. The lowest BCUT2D eigenvalue weighted by molar-refractivity contribution is 0.270. The minimum Gasteiger partial charge on any atom is -0.302 e. The van der Waals surface area contributed by atoms with Crippen LogP contribution in [0.4, 0.5) is 0 Å². The number of rotatable bonds is 4. The van der Waals surface area contributed by atoms with Gasteiger partial charge in [0.2, 0.25) is 0 Å². The van der Waals surface area contributed by atoms with E-state index >= 15 is 0 Å². The number of aromatic nitrogens is 2. The second-order valence-corrected chi connectivity index (χ2v) is 6.50. The molecule has 0 aliphatic carbocycles. The third-order valence-electron chi connectivity index (χ3n) is 3.30. The predicted octanol–water partition coefficient (Wildman–Crippen LogP) is 0.124. The highest BCUT2D eigenvalue weighted by molar-refractivity contribution is 7.89. The van der Waals surface area contributed by atoms with Crippen molar-refractivity contribution in [1.82, 2.24) is 19.4 Å². The Morgan fingerprint density at radius 2 is 2.41 bits per heavy atom. The maximum atomic E-state index is 12.1. The molecular formula is C10H18N4O2S. The summed E-state index contributed by atoms with van der Waals surface area (Å²) in [6.45, 7) is 1.57. The standard InChI is InChI=1S/C10H18N4O2S/c1-13-7-3-4-9(13)8-14(2)17(15,16)10-5-6-11-12-10/h5-6,9H,3-4,7-8H2,1-2H3,(H,11,12). The zero-order valence-electron chi connectivity index (χ0n) is 10.1. The molecule has 0 aromatic carbocycles. The lowest BCUT2D eigenvalue weighted by atomic mass is 10.2. The van der Waals surface area contributed by atoms with Gasteiger partial charge in [0, 0.05) is 19.6 Å². The van der Waals surface area contributed by atoms with Crippen molar-refractivity contribution in [2.24, 2.45) is 0 Å². The minimum atomic E-state index is -3.42. The molecule has 1 aromatic rings. The van der Waals surface area contributed by atoms with E-state index in [0.717, 1.165) is 19.4 Å². The molecule has 7 heteroatoms. The summed E-state index contributed by atoms with van der Waals surface area (Å²) in [5.41, 5.74) is 0. The Morgan fingerprint density at radius 3 is 2.94 bits per heavy atom. The molecule has 17 heavy (non-hydrogen) atoms. The summed E-state index contributed by atoms with van der Waals surface area (Å²) in [7, 11) is 0.232. The van der Waals surface area contributed by atoms with Crippen LogP contribution in [0.5, 0.6) is 0 Å². The normalized spacial score (nSPS) is 22.4. The highest BCUT2D eigenvalue weighted by atomic mass is 32.2. The lowest BCUT2D eigenvalue weighted by Crippen LogP contribution is -2.39. The molecule has 1 N–H and O–H groups in total. The number of hydrogen-bond acceptors (Lipinski definition) is 4. The Morgan fingerprint density at radius 1 is 1.65 bits per heavy atom. The summed E-state index contributed by atoms with van der Waals surface area (Å²) in [5, 5.41) is 6.33. The van der Waals surface area contributed by atoms with E-state index in [4.69, 9.17) is 0 Å². The van der Waals surface area contributed by atoms with Crippen molar-refractivity contribution in [3.05, 3.63) is 12.3 Å². The average Bonchev–Trinajstić information content (AvgIpc) is 2.90. The van der Waals surface area contributed by atoms with Crippen molar-refractivity contribution < 1.29 is 8.42 Å². The molecule has 1 aromatic heterocycles. The largest absolute Gasteiger partial charge is 0.302 e. The van der Waals surface area contributed by atoms with E-state index in [1.54, 1.807) is 7.05 Å². The minimum absolute atomic E-state index is 0.153. The van der Waals surface area contributed by atoms with Gasteiger partial charge in [0.15, 0.2) is 5.03 Å². The topological polar surface area (TPSA) is 69.3 Å². The Labute approximate surface area is 102 Å². The first-order valence-corrected chi connectivity index (χ1v) is 7.12. The van der Waals surface area contributed by atoms with Gasteiger partial charge in [0.1, 0.15) is 0 Å². The first-order chi connectivity index (χ1) is 8.01. The highest BCUT2D eigenvalue weighted by Gasteiger charge is 2.28. The van der Waals surface area contributed by atoms with E-state index in [9.17, 15) is 8.42 Å². The number of likely N-dealkylation sites (tertiary alicyclic amines) is 1. The van der Waals surface area contributed by atoms with Crippen LogP contribution in [-0.4, -0.2) is 61.0 Å². The molecule has 1 aliphatic heterocycles. The van der Waals surface area contributed by atoms with Gasteiger partial charge < -0.3 is 4.90 Å². The molecule has 1 fully saturated rings. The van der Waals surface area contributed by atoms with Crippen LogP contribution in [0.25, 0.3) is 0 Å². The molecule has 2 heterocycles. The molecule has 0 spiro atoms. The molecule has 0 radical (unpaired) electrons. The lowest BCUT2D eigenvalue weighted by Gasteiger charge is -2.24. The van der Waals surface area contributed by atoms with E-state index in [1.165, 1.54) is 16.6 Å². The fourth-order valence-corrected chi connectivity index (χ4v) is 3.26. The van der Waals surface area contributed by atoms with Crippen molar-refractivity contribution in [2.75, 3.05) is 27.2 Å². The average molecular weight is 258 g/mol. The maximum absolute atomic E-state index is 12.1. The molecule has 96 valence electrons. The van der Waals surface area contributed by atoms with Gasteiger partial charge in [-0.1, -0.05) is 0 Å². The van der Waals surface area contributed by atoms with Gasteiger partial charge in [-0.25, -0.2) is 8.42 Å². The number of nitrogens with one attached hydrogen (secondary N) is 1. The first kappa shape index (κ1) is 12.5. The van der Waals surface area contributed by atoms with E-state index in [1.807, 2.05) is 7.05 Å².